The number of hydrogen-bond acceptors (Lipinski definition) is 4. The number of carbonyl (C=O) groups excluding carboxylic acids is 1. The number of nitrogens with one attached hydrogen (secondary N) is 1. The summed E-state index contributed by atoms with van der Waals surface area (Å²) < 4.78 is 0. The molecule has 5 nitrogen and oxygen atoms in total. The van der Waals surface area contributed by atoms with Gasteiger partial charge >= 0.3 is 5.97 Å². The van der Waals surface area contributed by atoms with E-state index in [2.05, 4.69) is 19.2 Å². The van der Waals surface area contributed by atoms with Crippen LogP contribution in [-0.4, -0.2) is 51.6 Å². The minimum absolute atomic E-state index is 0.0131. The molecule has 0 aromatic heterocycles. The molecule has 1 amide bonds. The lowest BCUT2D eigenvalue weighted by Crippen LogP contribution is -2.54. The fourth-order valence-corrected chi connectivity index (χ4v) is 5.61. The highest BCUT2D eigenvalue weighted by atomic mass is 32.2. The molecule has 0 aromatic rings. The van der Waals surface area contributed by atoms with E-state index in [-0.39, 0.29) is 23.2 Å². The normalized spacial score (nSPS) is 39.0. The van der Waals surface area contributed by atoms with Crippen molar-refractivity contribution in [3.05, 3.63) is 0 Å². The van der Waals surface area contributed by atoms with Gasteiger partial charge < -0.3 is 15.3 Å². The van der Waals surface area contributed by atoms with Crippen molar-refractivity contribution in [1.82, 2.24) is 10.2 Å². The van der Waals surface area contributed by atoms with Gasteiger partial charge in [-0.2, -0.15) is 0 Å². The van der Waals surface area contributed by atoms with Gasteiger partial charge in [0.2, 0.25) is 5.91 Å². The van der Waals surface area contributed by atoms with Gasteiger partial charge in [-0.1, -0.05) is 20.3 Å². The Morgan fingerprint density at radius 3 is 2.76 bits per heavy atom. The minimum Gasteiger partial charge on any atom is -0.480 e. The molecule has 1 saturated carbocycles. The van der Waals surface area contributed by atoms with E-state index in [0.29, 0.717) is 17.6 Å². The summed E-state index contributed by atoms with van der Waals surface area (Å²) >= 11 is 1.60. The van der Waals surface area contributed by atoms with Gasteiger partial charge in [0.1, 0.15) is 6.04 Å². The number of rotatable bonds is 3. The van der Waals surface area contributed by atoms with Crippen LogP contribution >= 0.6 is 11.8 Å². The molecule has 21 heavy (non-hydrogen) atoms. The molecule has 2 N–H and O–H groups in total. The average molecular weight is 312 g/mol. The third-order valence-electron chi connectivity index (χ3n) is 5.16. The number of aliphatic carboxylic acids is 1. The fourth-order valence-electron chi connectivity index (χ4n) is 4.13. The van der Waals surface area contributed by atoms with E-state index in [1.54, 1.807) is 16.7 Å². The van der Waals surface area contributed by atoms with Crippen LogP contribution < -0.4 is 5.32 Å². The highest BCUT2D eigenvalue weighted by molar-refractivity contribution is 8.00. The smallest absolute Gasteiger partial charge is 0.327 e. The van der Waals surface area contributed by atoms with Gasteiger partial charge in [-0.05, 0) is 37.1 Å². The van der Waals surface area contributed by atoms with E-state index in [1.807, 2.05) is 0 Å². The zero-order valence-corrected chi connectivity index (χ0v) is 13.4. The molecule has 2 aliphatic heterocycles. The van der Waals surface area contributed by atoms with Crippen LogP contribution in [0.4, 0.5) is 0 Å². The van der Waals surface area contributed by atoms with Crippen molar-refractivity contribution in [3.63, 3.8) is 0 Å². The minimum atomic E-state index is -0.875. The number of fused-ring (bicyclic) bond motifs is 1. The summed E-state index contributed by atoms with van der Waals surface area (Å²) in [5.74, 6) is 0.926. The summed E-state index contributed by atoms with van der Waals surface area (Å²) in [5, 5.41) is 12.8. The second-order valence-electron chi connectivity index (χ2n) is 6.81. The Balaban J connectivity index is 1.81. The monoisotopic (exact) mass is 312 g/mol. The molecule has 0 aromatic carbocycles. The van der Waals surface area contributed by atoms with Crippen LogP contribution in [0.5, 0.6) is 0 Å². The van der Waals surface area contributed by atoms with Crippen molar-refractivity contribution in [3.8, 4) is 0 Å². The van der Waals surface area contributed by atoms with Crippen molar-refractivity contribution < 1.29 is 14.7 Å². The van der Waals surface area contributed by atoms with Crippen LogP contribution in [0, 0.1) is 17.8 Å². The van der Waals surface area contributed by atoms with Gasteiger partial charge in [-0.15, -0.1) is 11.8 Å². The summed E-state index contributed by atoms with van der Waals surface area (Å²) in [6.45, 7) is 5.03. The van der Waals surface area contributed by atoms with Crippen molar-refractivity contribution in [2.24, 2.45) is 17.8 Å². The Labute approximate surface area is 129 Å². The summed E-state index contributed by atoms with van der Waals surface area (Å²) in [5.41, 5.74) is 0. The maximum absolute atomic E-state index is 13.0. The second-order valence-corrected chi connectivity index (χ2v) is 7.96. The van der Waals surface area contributed by atoms with E-state index in [9.17, 15) is 14.7 Å². The van der Waals surface area contributed by atoms with E-state index in [0.717, 1.165) is 13.0 Å². The number of carboxylic acids is 1. The van der Waals surface area contributed by atoms with Crippen molar-refractivity contribution in [2.75, 3.05) is 12.3 Å². The number of hydrogen-bond donors (Lipinski definition) is 2. The lowest BCUT2D eigenvalue weighted by molar-refractivity contribution is -0.150. The maximum atomic E-state index is 13.0. The zero-order chi connectivity index (χ0) is 15.1. The first-order valence-corrected chi connectivity index (χ1v) is 8.95. The van der Waals surface area contributed by atoms with Crippen LogP contribution in [0.25, 0.3) is 0 Å². The van der Waals surface area contributed by atoms with Gasteiger partial charge in [-0.25, -0.2) is 4.79 Å². The molecule has 0 radical (unpaired) electrons. The number of thioether (sulfide) groups is 1. The van der Waals surface area contributed by atoms with Crippen molar-refractivity contribution >= 4 is 23.6 Å². The van der Waals surface area contributed by atoms with Gasteiger partial charge in [0, 0.05) is 5.75 Å². The first-order valence-electron chi connectivity index (χ1n) is 7.90. The largest absolute Gasteiger partial charge is 0.480 e. The molecule has 2 heterocycles. The zero-order valence-electron chi connectivity index (χ0n) is 12.6. The molecule has 2 saturated heterocycles. The second kappa shape index (κ2) is 5.80. The number of nitrogens with zero attached hydrogens (tertiary/aromatic N) is 1. The third-order valence-corrected chi connectivity index (χ3v) is 6.78. The number of amides is 1. The molecule has 3 rings (SSSR count). The number of carbonyl (C=O) groups is 2. The van der Waals surface area contributed by atoms with Gasteiger partial charge in [-0.3, -0.25) is 4.79 Å². The lowest BCUT2D eigenvalue weighted by atomic mass is 9.93. The highest BCUT2D eigenvalue weighted by Gasteiger charge is 2.49. The van der Waals surface area contributed by atoms with E-state index >= 15 is 0 Å². The molecule has 6 heteroatoms. The van der Waals surface area contributed by atoms with E-state index in [1.165, 1.54) is 12.8 Å². The molecule has 3 fully saturated rings. The SMILES string of the molecule is CC(C)C1SCC(C(=O)O)N1C(=O)C1NCC2CCCC21. The van der Waals surface area contributed by atoms with E-state index in [4.69, 9.17) is 0 Å². The van der Waals surface area contributed by atoms with E-state index < -0.39 is 12.0 Å². The van der Waals surface area contributed by atoms with Crippen LogP contribution in [0.15, 0.2) is 0 Å². The van der Waals surface area contributed by atoms with Crippen LogP contribution in [-0.2, 0) is 9.59 Å². The Hall–Kier alpha value is -0.750. The van der Waals surface area contributed by atoms with Crippen LogP contribution in [0.1, 0.15) is 33.1 Å². The maximum Gasteiger partial charge on any atom is 0.327 e. The number of carboxylic acid groups (broad SMARTS) is 1. The third kappa shape index (κ3) is 2.57. The fraction of sp³-hybridized carbons (Fsp3) is 0.867. The lowest BCUT2D eigenvalue weighted by Gasteiger charge is -2.33. The van der Waals surface area contributed by atoms with Crippen LogP contribution in [0.2, 0.25) is 0 Å². The molecule has 3 aliphatic rings. The molecule has 5 atom stereocenters. The Kier molecular flexibility index (Phi) is 4.19. The Morgan fingerprint density at radius 2 is 2.10 bits per heavy atom. The average Bonchev–Trinajstić information content (AvgIpc) is 3.11. The summed E-state index contributed by atoms with van der Waals surface area (Å²) in [6.07, 6.45) is 3.50. The topological polar surface area (TPSA) is 69.6 Å². The van der Waals surface area contributed by atoms with Gasteiger partial charge in [0.15, 0.2) is 0 Å². The van der Waals surface area contributed by atoms with Gasteiger partial charge in [0.05, 0.1) is 11.4 Å². The first-order chi connectivity index (χ1) is 10.0. The molecule has 0 bridgehead atoms. The highest BCUT2D eigenvalue weighted by Crippen LogP contribution is 2.41. The molecule has 118 valence electrons. The van der Waals surface area contributed by atoms with Crippen LogP contribution in [0.3, 0.4) is 0 Å². The quantitative estimate of drug-likeness (QED) is 0.824. The standard InChI is InChI=1S/C15H24N2O3S/c1-8(2)14-17(11(7-21-14)15(19)20)13(18)12-10-5-3-4-9(10)6-16-12/h8-12,14,16H,3-7H2,1-2H3,(H,19,20). The van der Waals surface area contributed by atoms with Crippen molar-refractivity contribution in [1.29, 1.82) is 0 Å². The molecular formula is C15H24N2O3S. The molecular weight excluding hydrogens is 288 g/mol. The first kappa shape index (κ1) is 15.2. The van der Waals surface area contributed by atoms with Gasteiger partial charge in [0.25, 0.3) is 0 Å². The summed E-state index contributed by atoms with van der Waals surface area (Å²) in [6, 6.07) is -0.837. The summed E-state index contributed by atoms with van der Waals surface area (Å²) in [7, 11) is 0. The summed E-state index contributed by atoms with van der Waals surface area (Å²) in [4.78, 5) is 26.2. The Morgan fingerprint density at radius 1 is 1.33 bits per heavy atom. The molecule has 1 aliphatic carbocycles. The predicted molar refractivity (Wildman–Crippen MR) is 82.0 cm³/mol. The molecule has 0 spiro atoms. The predicted octanol–water partition coefficient (Wildman–Crippen LogP) is 1.39. The molecule has 5 unspecified atom stereocenters. The van der Waals surface area contributed by atoms with Crippen molar-refractivity contribution in [2.45, 2.75) is 50.6 Å². The Bertz CT molecular complexity index is 443.